The van der Waals surface area contributed by atoms with Crippen LogP contribution >= 0.6 is 11.6 Å². The van der Waals surface area contributed by atoms with Gasteiger partial charge in [-0.1, -0.05) is 51.1 Å². The first-order chi connectivity index (χ1) is 9.70. The van der Waals surface area contributed by atoms with E-state index in [9.17, 15) is 4.39 Å². The molecule has 0 spiro atoms. The van der Waals surface area contributed by atoms with Crippen molar-refractivity contribution in [1.82, 2.24) is 0 Å². The molecule has 114 valence electrons. The molecule has 0 amide bonds. The average Bonchev–Trinajstić information content (AvgIpc) is 2.45. The van der Waals surface area contributed by atoms with Crippen molar-refractivity contribution in [3.63, 3.8) is 0 Å². The first-order valence-corrected chi connectivity index (χ1v) is 7.82. The van der Waals surface area contributed by atoms with Crippen molar-refractivity contribution in [3.05, 3.63) is 23.0 Å². The van der Waals surface area contributed by atoms with E-state index in [1.807, 2.05) is 0 Å². The monoisotopic (exact) mass is 302 g/mol. The largest absolute Gasteiger partial charge is 0.492 e. The molecule has 0 saturated carbocycles. The van der Waals surface area contributed by atoms with Gasteiger partial charge in [0.25, 0.3) is 0 Å². The summed E-state index contributed by atoms with van der Waals surface area (Å²) in [4.78, 5) is 0. The number of hydrogen-bond acceptors (Lipinski definition) is 2. The lowest BCUT2D eigenvalue weighted by atomic mass is 10.2. The van der Waals surface area contributed by atoms with Crippen molar-refractivity contribution in [3.8, 4) is 11.5 Å². The van der Waals surface area contributed by atoms with Gasteiger partial charge in [-0.25, -0.2) is 4.39 Å². The summed E-state index contributed by atoms with van der Waals surface area (Å²) in [5.41, 5.74) is 0. The second-order valence-electron chi connectivity index (χ2n) is 4.80. The first-order valence-electron chi connectivity index (χ1n) is 7.44. The molecule has 0 aromatic heterocycles. The Balaban J connectivity index is 2.50. The highest BCUT2D eigenvalue weighted by Crippen LogP contribution is 2.33. The van der Waals surface area contributed by atoms with Crippen LogP contribution in [0.2, 0.25) is 5.02 Å². The molecule has 1 rings (SSSR count). The minimum absolute atomic E-state index is 0.00879. The van der Waals surface area contributed by atoms with Gasteiger partial charge in [-0.05, 0) is 25.0 Å². The van der Waals surface area contributed by atoms with E-state index in [1.165, 1.54) is 12.8 Å². The molecule has 0 saturated heterocycles. The van der Waals surface area contributed by atoms with Gasteiger partial charge in [0.1, 0.15) is 10.8 Å². The molecule has 0 aliphatic rings. The van der Waals surface area contributed by atoms with Gasteiger partial charge in [-0.3, -0.25) is 0 Å². The molecule has 0 unspecified atom stereocenters. The van der Waals surface area contributed by atoms with Gasteiger partial charge in [0.2, 0.25) is 0 Å². The Labute approximate surface area is 126 Å². The zero-order chi connectivity index (χ0) is 14.8. The summed E-state index contributed by atoms with van der Waals surface area (Å²) in [5, 5.41) is 0.00879. The lowest BCUT2D eigenvalue weighted by molar-refractivity contribution is 0.286. The van der Waals surface area contributed by atoms with Gasteiger partial charge in [-0.2, -0.15) is 0 Å². The van der Waals surface area contributed by atoms with Crippen LogP contribution in [0.4, 0.5) is 4.39 Å². The Kier molecular flexibility index (Phi) is 8.43. The van der Waals surface area contributed by atoms with E-state index >= 15 is 0 Å². The molecule has 0 radical (unpaired) electrons. The highest BCUT2D eigenvalue weighted by atomic mass is 35.5. The number of ether oxygens (including phenoxy) is 2. The second kappa shape index (κ2) is 9.87. The predicted molar refractivity (Wildman–Crippen MR) is 81.5 cm³/mol. The molecule has 20 heavy (non-hydrogen) atoms. The summed E-state index contributed by atoms with van der Waals surface area (Å²) >= 11 is 5.97. The third-order valence-corrected chi connectivity index (χ3v) is 3.37. The first kappa shape index (κ1) is 17.1. The Morgan fingerprint density at radius 3 is 2.20 bits per heavy atom. The van der Waals surface area contributed by atoms with E-state index < -0.39 is 5.82 Å². The van der Waals surface area contributed by atoms with E-state index in [1.54, 1.807) is 12.1 Å². The summed E-state index contributed by atoms with van der Waals surface area (Å²) in [6.45, 7) is 5.28. The van der Waals surface area contributed by atoms with Crippen LogP contribution in [0.15, 0.2) is 12.1 Å². The summed E-state index contributed by atoms with van der Waals surface area (Å²) in [6, 6.07) is 3.25. The average molecular weight is 303 g/mol. The minimum Gasteiger partial charge on any atom is -0.492 e. The quantitative estimate of drug-likeness (QED) is 0.522. The molecule has 0 bridgehead atoms. The van der Waals surface area contributed by atoms with Crippen LogP contribution in [0, 0.1) is 5.82 Å². The standard InChI is InChI=1S/C16H24ClFO2/c1-3-5-7-8-12-19-13-9-10-14(16(18)15(13)17)20-11-6-4-2/h9-10H,3-8,11-12H2,1-2H3. The Bertz CT molecular complexity index is 396. The number of hydrogen-bond donors (Lipinski definition) is 0. The van der Waals surface area contributed by atoms with Crippen molar-refractivity contribution < 1.29 is 13.9 Å². The topological polar surface area (TPSA) is 18.5 Å². The zero-order valence-corrected chi connectivity index (χ0v) is 13.1. The van der Waals surface area contributed by atoms with Crippen molar-refractivity contribution in [2.75, 3.05) is 13.2 Å². The van der Waals surface area contributed by atoms with Crippen molar-refractivity contribution >= 4 is 11.6 Å². The smallest absolute Gasteiger partial charge is 0.187 e. The van der Waals surface area contributed by atoms with Crippen LogP contribution in [0.1, 0.15) is 52.4 Å². The molecule has 4 heteroatoms. The van der Waals surface area contributed by atoms with Crippen LogP contribution in [0.25, 0.3) is 0 Å². The predicted octanol–water partition coefficient (Wildman–Crippen LogP) is 5.62. The molecule has 0 heterocycles. The fraction of sp³-hybridized carbons (Fsp3) is 0.625. The normalized spacial score (nSPS) is 10.6. The van der Waals surface area contributed by atoms with E-state index in [2.05, 4.69) is 13.8 Å². The number of rotatable bonds is 10. The minimum atomic E-state index is -0.533. The van der Waals surface area contributed by atoms with Crippen molar-refractivity contribution in [2.45, 2.75) is 52.4 Å². The van der Waals surface area contributed by atoms with Crippen LogP contribution in [-0.4, -0.2) is 13.2 Å². The Morgan fingerprint density at radius 1 is 0.900 bits per heavy atom. The van der Waals surface area contributed by atoms with Gasteiger partial charge in [0, 0.05) is 0 Å². The van der Waals surface area contributed by atoms with E-state index in [0.29, 0.717) is 19.0 Å². The molecular formula is C16H24ClFO2. The Morgan fingerprint density at radius 2 is 1.50 bits per heavy atom. The molecule has 2 nitrogen and oxygen atoms in total. The maximum Gasteiger partial charge on any atom is 0.187 e. The van der Waals surface area contributed by atoms with Crippen LogP contribution in [0.5, 0.6) is 11.5 Å². The molecule has 1 aromatic carbocycles. The Hall–Kier alpha value is -0.960. The van der Waals surface area contributed by atoms with Gasteiger partial charge >= 0.3 is 0 Å². The number of benzene rings is 1. The van der Waals surface area contributed by atoms with Gasteiger partial charge < -0.3 is 9.47 Å². The van der Waals surface area contributed by atoms with E-state index in [0.717, 1.165) is 25.7 Å². The van der Waals surface area contributed by atoms with Gasteiger partial charge in [0.15, 0.2) is 11.6 Å². The van der Waals surface area contributed by atoms with Gasteiger partial charge in [0.05, 0.1) is 13.2 Å². The zero-order valence-electron chi connectivity index (χ0n) is 12.4. The number of unbranched alkanes of at least 4 members (excludes halogenated alkanes) is 4. The van der Waals surface area contributed by atoms with Crippen LogP contribution < -0.4 is 9.47 Å². The maximum absolute atomic E-state index is 14.0. The van der Waals surface area contributed by atoms with Gasteiger partial charge in [-0.15, -0.1) is 0 Å². The molecule has 0 fully saturated rings. The fourth-order valence-corrected chi connectivity index (χ4v) is 1.99. The summed E-state index contributed by atoms with van der Waals surface area (Å²) in [5.74, 6) is 0.0547. The molecule has 1 aromatic rings. The molecule has 0 atom stereocenters. The van der Waals surface area contributed by atoms with Crippen molar-refractivity contribution in [2.24, 2.45) is 0 Å². The molecule has 0 N–H and O–H groups in total. The third-order valence-electron chi connectivity index (χ3n) is 3.02. The highest BCUT2D eigenvalue weighted by Gasteiger charge is 2.13. The summed E-state index contributed by atoms with van der Waals surface area (Å²) < 4.78 is 24.9. The van der Waals surface area contributed by atoms with Crippen LogP contribution in [0.3, 0.4) is 0 Å². The summed E-state index contributed by atoms with van der Waals surface area (Å²) in [6.07, 6.45) is 6.35. The molecule has 0 aliphatic heterocycles. The van der Waals surface area contributed by atoms with E-state index in [4.69, 9.17) is 21.1 Å². The maximum atomic E-state index is 14.0. The third kappa shape index (κ3) is 5.58. The lowest BCUT2D eigenvalue weighted by Gasteiger charge is -2.12. The lowest BCUT2D eigenvalue weighted by Crippen LogP contribution is -2.02. The molecular weight excluding hydrogens is 279 g/mol. The highest BCUT2D eigenvalue weighted by molar-refractivity contribution is 6.32. The summed E-state index contributed by atoms with van der Waals surface area (Å²) in [7, 11) is 0. The van der Waals surface area contributed by atoms with E-state index in [-0.39, 0.29) is 10.8 Å². The fourth-order valence-electron chi connectivity index (χ4n) is 1.77. The number of halogens is 2. The second-order valence-corrected chi connectivity index (χ2v) is 5.18. The SMILES string of the molecule is CCCCCCOc1ccc(OCCCC)c(F)c1Cl. The molecule has 0 aliphatic carbocycles. The van der Waals surface area contributed by atoms with Crippen LogP contribution in [-0.2, 0) is 0 Å². The van der Waals surface area contributed by atoms with Crippen molar-refractivity contribution in [1.29, 1.82) is 0 Å².